The third kappa shape index (κ3) is 4.74. The Hall–Kier alpha value is -3.20. The number of non-ortho nitro benzene ring substituents is 1. The molecule has 0 radical (unpaired) electrons. The van der Waals surface area contributed by atoms with Gasteiger partial charge in [0, 0.05) is 22.6 Å². The molecule has 0 N–H and O–H groups in total. The van der Waals surface area contributed by atoms with Gasteiger partial charge in [0.2, 0.25) is 5.89 Å². The fourth-order valence-corrected chi connectivity index (χ4v) is 3.19. The second-order valence-corrected chi connectivity index (χ2v) is 7.32. The zero-order chi connectivity index (χ0) is 20.1. The van der Waals surface area contributed by atoms with E-state index in [0.29, 0.717) is 5.56 Å². The summed E-state index contributed by atoms with van der Waals surface area (Å²) in [6.45, 7) is 3.41. The van der Waals surface area contributed by atoms with E-state index in [1.54, 1.807) is 13.8 Å². The smallest absolute Gasteiger partial charge is 0.319 e. The summed E-state index contributed by atoms with van der Waals surface area (Å²) in [7, 11) is 0. The molecular weight excluding hydrogens is 382 g/mol. The van der Waals surface area contributed by atoms with Gasteiger partial charge in [0.1, 0.15) is 5.25 Å². The number of benzene rings is 2. The molecule has 28 heavy (non-hydrogen) atoms. The zero-order valence-corrected chi connectivity index (χ0v) is 16.0. The first kappa shape index (κ1) is 19.6. The van der Waals surface area contributed by atoms with Crippen molar-refractivity contribution in [3.8, 4) is 11.5 Å². The molecule has 3 rings (SSSR count). The fourth-order valence-electron chi connectivity index (χ4n) is 2.31. The van der Waals surface area contributed by atoms with E-state index in [1.807, 2.05) is 30.3 Å². The molecule has 0 aliphatic heterocycles. The van der Waals surface area contributed by atoms with Crippen LogP contribution in [0.25, 0.3) is 11.5 Å². The molecule has 0 saturated heterocycles. The minimum Gasteiger partial charge on any atom is -0.452 e. The van der Waals surface area contributed by atoms with E-state index in [0.717, 1.165) is 4.90 Å². The van der Waals surface area contributed by atoms with Gasteiger partial charge in [-0.15, -0.1) is 22.0 Å². The van der Waals surface area contributed by atoms with E-state index in [9.17, 15) is 14.9 Å². The van der Waals surface area contributed by atoms with Crippen LogP contribution in [0.1, 0.15) is 25.8 Å². The van der Waals surface area contributed by atoms with Gasteiger partial charge in [-0.2, -0.15) is 0 Å². The molecule has 2 atom stereocenters. The molecule has 2 aromatic carbocycles. The summed E-state index contributed by atoms with van der Waals surface area (Å²) in [4.78, 5) is 23.5. The number of hydrogen-bond acceptors (Lipinski definition) is 8. The molecule has 0 bridgehead atoms. The van der Waals surface area contributed by atoms with Gasteiger partial charge in [0.05, 0.1) is 4.92 Å². The lowest BCUT2D eigenvalue weighted by Gasteiger charge is -2.14. The van der Waals surface area contributed by atoms with Crippen molar-refractivity contribution in [1.29, 1.82) is 0 Å². The minimum absolute atomic E-state index is 0.0318. The second kappa shape index (κ2) is 8.66. The molecule has 0 aliphatic rings. The van der Waals surface area contributed by atoms with Crippen molar-refractivity contribution in [1.82, 2.24) is 10.2 Å². The number of ether oxygens (including phenoxy) is 1. The Bertz CT molecular complexity index is 959. The number of carbonyl (C=O) groups excluding carboxylic acids is 1. The number of rotatable bonds is 7. The monoisotopic (exact) mass is 399 g/mol. The van der Waals surface area contributed by atoms with Crippen LogP contribution in [0.4, 0.5) is 5.69 Å². The summed E-state index contributed by atoms with van der Waals surface area (Å²) in [6, 6.07) is 15.3. The molecular formula is C19H17N3O5S. The molecule has 0 unspecified atom stereocenters. The summed E-state index contributed by atoms with van der Waals surface area (Å²) in [5, 5.41) is 18.1. The standard InChI is InChI=1S/C19H17N3O5S/c1-12(26-19(23)13(2)28-16-6-4-3-5-7-16)17-20-21-18(27-17)14-8-10-15(11-9-14)22(24)25/h3-13H,1-2H3/t12-,13-/m0/s1. The van der Waals surface area contributed by atoms with Crippen molar-refractivity contribution in [2.24, 2.45) is 0 Å². The quantitative estimate of drug-likeness (QED) is 0.248. The Morgan fingerprint density at radius 2 is 1.79 bits per heavy atom. The van der Waals surface area contributed by atoms with Crippen molar-refractivity contribution in [2.45, 2.75) is 30.1 Å². The van der Waals surface area contributed by atoms with Gasteiger partial charge < -0.3 is 9.15 Å². The highest BCUT2D eigenvalue weighted by atomic mass is 32.2. The number of aromatic nitrogens is 2. The van der Waals surface area contributed by atoms with Crippen molar-refractivity contribution >= 4 is 23.4 Å². The van der Waals surface area contributed by atoms with E-state index in [2.05, 4.69) is 10.2 Å². The SMILES string of the molecule is C[C@H](Sc1ccccc1)C(=O)O[C@@H](C)c1nnc(-c2ccc([N+](=O)[O-])cc2)o1. The molecule has 0 fully saturated rings. The lowest BCUT2D eigenvalue weighted by molar-refractivity contribution is -0.384. The zero-order valence-electron chi connectivity index (χ0n) is 15.1. The van der Waals surface area contributed by atoms with Gasteiger partial charge in [-0.1, -0.05) is 18.2 Å². The predicted octanol–water partition coefficient (Wildman–Crippen LogP) is 4.43. The number of nitro groups is 1. The van der Waals surface area contributed by atoms with E-state index in [-0.39, 0.29) is 17.5 Å². The van der Waals surface area contributed by atoms with Crippen LogP contribution in [0.15, 0.2) is 63.9 Å². The van der Waals surface area contributed by atoms with Crippen LogP contribution in [0, 0.1) is 10.1 Å². The third-order valence-corrected chi connectivity index (χ3v) is 4.88. The Labute approximate surface area is 165 Å². The van der Waals surface area contributed by atoms with Gasteiger partial charge >= 0.3 is 5.97 Å². The van der Waals surface area contributed by atoms with E-state index < -0.39 is 22.2 Å². The number of carbonyl (C=O) groups is 1. The summed E-state index contributed by atoms with van der Waals surface area (Å²) < 4.78 is 11.0. The van der Waals surface area contributed by atoms with Crippen LogP contribution >= 0.6 is 11.8 Å². The average molecular weight is 399 g/mol. The first-order chi connectivity index (χ1) is 13.4. The first-order valence-electron chi connectivity index (χ1n) is 8.44. The predicted molar refractivity (Wildman–Crippen MR) is 103 cm³/mol. The summed E-state index contributed by atoms with van der Waals surface area (Å²) >= 11 is 1.40. The van der Waals surface area contributed by atoms with Crippen LogP contribution in [-0.4, -0.2) is 26.3 Å². The Kier molecular flexibility index (Phi) is 6.05. The normalized spacial score (nSPS) is 12.9. The van der Waals surface area contributed by atoms with Gasteiger partial charge in [-0.05, 0) is 38.1 Å². The Balaban J connectivity index is 1.62. The number of nitro benzene ring substituents is 1. The summed E-state index contributed by atoms with van der Waals surface area (Å²) in [5.41, 5.74) is 0.506. The fraction of sp³-hybridized carbons (Fsp3) is 0.211. The number of thioether (sulfide) groups is 1. The second-order valence-electron chi connectivity index (χ2n) is 5.90. The maximum atomic E-state index is 12.3. The largest absolute Gasteiger partial charge is 0.452 e. The molecule has 0 saturated carbocycles. The Morgan fingerprint density at radius 1 is 1.11 bits per heavy atom. The molecule has 144 valence electrons. The summed E-state index contributed by atoms with van der Waals surface area (Å²) in [6.07, 6.45) is -0.717. The highest BCUT2D eigenvalue weighted by Gasteiger charge is 2.23. The lowest BCUT2D eigenvalue weighted by atomic mass is 10.2. The molecule has 8 nitrogen and oxygen atoms in total. The Morgan fingerprint density at radius 3 is 2.43 bits per heavy atom. The number of esters is 1. The number of nitrogens with zero attached hydrogens (tertiary/aromatic N) is 3. The molecule has 3 aromatic rings. The van der Waals surface area contributed by atoms with E-state index >= 15 is 0 Å². The van der Waals surface area contributed by atoms with Crippen molar-refractivity contribution in [3.63, 3.8) is 0 Å². The minimum atomic E-state index is -0.717. The van der Waals surface area contributed by atoms with Gasteiger partial charge in [-0.25, -0.2) is 0 Å². The van der Waals surface area contributed by atoms with Crippen LogP contribution < -0.4 is 0 Å². The van der Waals surface area contributed by atoms with Crippen LogP contribution in [0.2, 0.25) is 0 Å². The van der Waals surface area contributed by atoms with Gasteiger partial charge in [0.15, 0.2) is 6.10 Å². The molecule has 9 heteroatoms. The number of hydrogen-bond donors (Lipinski definition) is 0. The third-order valence-electron chi connectivity index (χ3n) is 3.79. The maximum Gasteiger partial charge on any atom is 0.319 e. The average Bonchev–Trinajstić information content (AvgIpc) is 3.19. The molecule has 0 aliphatic carbocycles. The molecule has 1 heterocycles. The van der Waals surface area contributed by atoms with Gasteiger partial charge in [0.25, 0.3) is 11.6 Å². The highest BCUT2D eigenvalue weighted by molar-refractivity contribution is 8.00. The van der Waals surface area contributed by atoms with Crippen molar-refractivity contribution in [3.05, 3.63) is 70.6 Å². The lowest BCUT2D eigenvalue weighted by Crippen LogP contribution is -2.19. The topological polar surface area (TPSA) is 108 Å². The molecule has 1 aromatic heterocycles. The first-order valence-corrected chi connectivity index (χ1v) is 9.32. The van der Waals surface area contributed by atoms with E-state index in [4.69, 9.17) is 9.15 Å². The highest BCUT2D eigenvalue weighted by Crippen LogP contribution is 2.27. The van der Waals surface area contributed by atoms with Crippen molar-refractivity contribution < 1.29 is 18.9 Å². The maximum absolute atomic E-state index is 12.3. The van der Waals surface area contributed by atoms with Crippen molar-refractivity contribution in [2.75, 3.05) is 0 Å². The molecule has 0 amide bonds. The van der Waals surface area contributed by atoms with Crippen LogP contribution in [0.5, 0.6) is 0 Å². The van der Waals surface area contributed by atoms with Gasteiger partial charge in [-0.3, -0.25) is 14.9 Å². The van der Waals surface area contributed by atoms with Crippen LogP contribution in [-0.2, 0) is 9.53 Å². The van der Waals surface area contributed by atoms with E-state index in [1.165, 1.54) is 36.0 Å². The molecule has 0 spiro atoms. The van der Waals surface area contributed by atoms with Crippen LogP contribution in [0.3, 0.4) is 0 Å². The summed E-state index contributed by atoms with van der Waals surface area (Å²) in [5.74, 6) is -0.0467.